The number of rotatable bonds is 8. The fraction of sp³-hybridized carbons (Fsp3) is 0.192. The van der Waals surface area contributed by atoms with E-state index in [-0.39, 0.29) is 18.2 Å². The van der Waals surface area contributed by atoms with Crippen molar-refractivity contribution in [3.63, 3.8) is 0 Å². The van der Waals surface area contributed by atoms with Crippen LogP contribution in [0.25, 0.3) is 0 Å². The van der Waals surface area contributed by atoms with Gasteiger partial charge in [0.05, 0.1) is 19.2 Å². The van der Waals surface area contributed by atoms with Gasteiger partial charge in [-0.1, -0.05) is 41.9 Å². The van der Waals surface area contributed by atoms with Gasteiger partial charge in [0.25, 0.3) is 5.91 Å². The number of ether oxygens (including phenoxy) is 1. The zero-order valence-corrected chi connectivity index (χ0v) is 20.2. The van der Waals surface area contributed by atoms with Crippen molar-refractivity contribution in [3.05, 3.63) is 89.4 Å². The Balaban J connectivity index is 1.55. The van der Waals surface area contributed by atoms with Crippen molar-refractivity contribution < 1.29 is 14.3 Å². The van der Waals surface area contributed by atoms with Crippen molar-refractivity contribution in [2.45, 2.75) is 18.9 Å². The number of carbonyl (C=O) groups is 2. The Bertz CT molecular complexity index is 1170. The smallest absolute Gasteiger partial charge is 0.256 e. The molecule has 1 heterocycles. The second-order valence-corrected chi connectivity index (χ2v) is 8.66. The van der Waals surface area contributed by atoms with E-state index in [4.69, 9.17) is 28.6 Å². The molecule has 1 atom stereocenters. The third kappa shape index (κ3) is 5.38. The summed E-state index contributed by atoms with van der Waals surface area (Å²) in [6.45, 7) is 0.514. The van der Waals surface area contributed by atoms with E-state index in [1.165, 1.54) is 4.90 Å². The summed E-state index contributed by atoms with van der Waals surface area (Å²) in [4.78, 5) is 29.7. The predicted molar refractivity (Wildman–Crippen MR) is 138 cm³/mol. The van der Waals surface area contributed by atoms with Gasteiger partial charge in [0.15, 0.2) is 5.11 Å². The summed E-state index contributed by atoms with van der Waals surface area (Å²) in [6.07, 6.45) is 0.670. The molecule has 0 bridgehead atoms. The summed E-state index contributed by atoms with van der Waals surface area (Å²) < 4.78 is 5.22. The summed E-state index contributed by atoms with van der Waals surface area (Å²) in [7, 11) is 1.58. The summed E-state index contributed by atoms with van der Waals surface area (Å²) in [5.74, 6) is 0.181. The molecule has 8 heteroatoms. The number of nitrogens with one attached hydrogen (secondary N) is 1. The molecule has 0 spiro atoms. The highest BCUT2D eigenvalue weighted by Crippen LogP contribution is 2.29. The quantitative estimate of drug-likeness (QED) is 0.451. The second-order valence-electron chi connectivity index (χ2n) is 7.86. The number of methoxy groups -OCH3 is 1. The van der Waals surface area contributed by atoms with Gasteiger partial charge in [-0.15, -0.1) is 0 Å². The number of hydrogen-bond acceptors (Lipinski definition) is 4. The molecule has 0 saturated carbocycles. The molecular weight excluding hydrogens is 470 g/mol. The molecule has 3 aromatic carbocycles. The molecule has 0 aromatic heterocycles. The van der Waals surface area contributed by atoms with E-state index in [0.29, 0.717) is 40.2 Å². The molecular formula is C26H24ClN3O3S. The first kappa shape index (κ1) is 23.7. The van der Waals surface area contributed by atoms with Crippen molar-refractivity contribution in [3.8, 4) is 5.75 Å². The summed E-state index contributed by atoms with van der Waals surface area (Å²) >= 11 is 11.7. The van der Waals surface area contributed by atoms with E-state index in [1.54, 1.807) is 55.6 Å². The van der Waals surface area contributed by atoms with Crippen LogP contribution in [0, 0.1) is 0 Å². The standard InChI is InChI=1S/C26H24ClN3O3S/c1-33-22-13-11-21(12-14-22)30-25(32)23(17-24(31)28-20-9-7-19(27)8-10-20)29(26(30)34)16-15-18-5-3-2-4-6-18/h2-14,23H,15-17H2,1H3,(H,28,31)/t23-/m1/s1. The van der Waals surface area contributed by atoms with E-state index in [0.717, 1.165) is 5.56 Å². The lowest BCUT2D eigenvalue weighted by Gasteiger charge is -2.24. The van der Waals surface area contributed by atoms with Gasteiger partial charge in [0.2, 0.25) is 5.91 Å². The Morgan fingerprint density at radius 1 is 1.03 bits per heavy atom. The van der Waals surface area contributed by atoms with Crippen LogP contribution in [-0.4, -0.2) is 41.5 Å². The number of nitrogens with zero attached hydrogens (tertiary/aromatic N) is 2. The van der Waals surface area contributed by atoms with Crippen LogP contribution in [0.2, 0.25) is 5.02 Å². The fourth-order valence-electron chi connectivity index (χ4n) is 3.87. The highest BCUT2D eigenvalue weighted by molar-refractivity contribution is 7.80. The lowest BCUT2D eigenvalue weighted by atomic mass is 10.1. The first-order valence-electron chi connectivity index (χ1n) is 10.8. The third-order valence-corrected chi connectivity index (χ3v) is 6.31. The van der Waals surface area contributed by atoms with Crippen LogP contribution in [0.15, 0.2) is 78.9 Å². The van der Waals surface area contributed by atoms with E-state index in [2.05, 4.69) is 5.32 Å². The Kier molecular flexibility index (Phi) is 7.45. The molecule has 174 valence electrons. The van der Waals surface area contributed by atoms with Gasteiger partial charge < -0.3 is 15.0 Å². The number of hydrogen-bond donors (Lipinski definition) is 1. The van der Waals surface area contributed by atoms with Crippen molar-refractivity contribution in [1.29, 1.82) is 0 Å². The molecule has 6 nitrogen and oxygen atoms in total. The summed E-state index contributed by atoms with van der Waals surface area (Å²) in [5.41, 5.74) is 2.39. The van der Waals surface area contributed by atoms with Crippen LogP contribution >= 0.6 is 23.8 Å². The molecule has 34 heavy (non-hydrogen) atoms. The average Bonchev–Trinajstić information content (AvgIpc) is 3.08. The number of amides is 2. The van der Waals surface area contributed by atoms with Crippen LogP contribution in [0.5, 0.6) is 5.75 Å². The fourth-order valence-corrected chi connectivity index (χ4v) is 4.41. The molecule has 1 aliphatic rings. The maximum absolute atomic E-state index is 13.5. The molecule has 0 radical (unpaired) electrons. The number of halogens is 1. The highest BCUT2D eigenvalue weighted by Gasteiger charge is 2.43. The van der Waals surface area contributed by atoms with Crippen molar-refractivity contribution in [2.75, 3.05) is 23.9 Å². The zero-order chi connectivity index (χ0) is 24.1. The molecule has 1 fully saturated rings. The first-order chi connectivity index (χ1) is 16.5. The highest BCUT2D eigenvalue weighted by atomic mass is 35.5. The van der Waals surface area contributed by atoms with Gasteiger partial charge in [0.1, 0.15) is 11.8 Å². The number of carbonyl (C=O) groups excluding carboxylic acids is 2. The third-order valence-electron chi connectivity index (χ3n) is 5.64. The van der Waals surface area contributed by atoms with Crippen molar-refractivity contribution in [1.82, 2.24) is 4.90 Å². The van der Waals surface area contributed by atoms with Crippen LogP contribution in [-0.2, 0) is 16.0 Å². The van der Waals surface area contributed by atoms with Crippen LogP contribution in [0.4, 0.5) is 11.4 Å². The first-order valence-corrected chi connectivity index (χ1v) is 11.6. The Morgan fingerprint density at radius 3 is 2.35 bits per heavy atom. The molecule has 0 aliphatic carbocycles. The van der Waals surface area contributed by atoms with Crippen LogP contribution < -0.4 is 15.0 Å². The topological polar surface area (TPSA) is 61.9 Å². The molecule has 1 N–H and O–H groups in total. The van der Waals surface area contributed by atoms with E-state index < -0.39 is 6.04 Å². The number of anilines is 2. The minimum Gasteiger partial charge on any atom is -0.497 e. The maximum atomic E-state index is 13.5. The van der Waals surface area contributed by atoms with Gasteiger partial charge >= 0.3 is 0 Å². The van der Waals surface area contributed by atoms with Crippen molar-refractivity contribution in [2.24, 2.45) is 0 Å². The van der Waals surface area contributed by atoms with Crippen LogP contribution in [0.3, 0.4) is 0 Å². The van der Waals surface area contributed by atoms with E-state index in [9.17, 15) is 9.59 Å². The lowest BCUT2D eigenvalue weighted by Crippen LogP contribution is -2.39. The van der Waals surface area contributed by atoms with Crippen LogP contribution in [0.1, 0.15) is 12.0 Å². The zero-order valence-electron chi connectivity index (χ0n) is 18.6. The second kappa shape index (κ2) is 10.7. The maximum Gasteiger partial charge on any atom is 0.256 e. The minimum atomic E-state index is -0.703. The Labute approximate surface area is 209 Å². The number of benzene rings is 3. The van der Waals surface area contributed by atoms with Gasteiger partial charge in [-0.3, -0.25) is 14.5 Å². The lowest BCUT2D eigenvalue weighted by molar-refractivity contribution is -0.124. The molecule has 2 amide bonds. The van der Waals surface area contributed by atoms with E-state index >= 15 is 0 Å². The SMILES string of the molecule is COc1ccc(N2C(=O)[C@@H](CC(=O)Nc3ccc(Cl)cc3)N(CCc3ccccc3)C2=S)cc1. The van der Waals surface area contributed by atoms with Crippen molar-refractivity contribution >= 4 is 52.1 Å². The Hall–Kier alpha value is -3.42. The molecule has 3 aromatic rings. The molecule has 4 rings (SSSR count). The predicted octanol–water partition coefficient (Wildman–Crippen LogP) is 4.92. The summed E-state index contributed by atoms with van der Waals surface area (Å²) in [5, 5.41) is 3.81. The Morgan fingerprint density at radius 2 is 1.71 bits per heavy atom. The number of thiocarbonyl (C=S) groups is 1. The van der Waals surface area contributed by atoms with E-state index in [1.807, 2.05) is 35.2 Å². The largest absolute Gasteiger partial charge is 0.497 e. The van der Waals surface area contributed by atoms with Gasteiger partial charge in [-0.2, -0.15) is 0 Å². The molecule has 1 aliphatic heterocycles. The molecule has 0 unspecified atom stereocenters. The monoisotopic (exact) mass is 493 g/mol. The normalized spacial score (nSPS) is 15.5. The summed E-state index contributed by atoms with van der Waals surface area (Å²) in [6, 6.07) is 23.2. The van der Waals surface area contributed by atoms with Gasteiger partial charge in [-0.05, 0) is 72.7 Å². The molecule has 1 saturated heterocycles. The minimum absolute atomic E-state index is 0.0248. The van der Waals surface area contributed by atoms with Gasteiger partial charge in [0, 0.05) is 17.3 Å². The van der Waals surface area contributed by atoms with Gasteiger partial charge in [-0.25, -0.2) is 0 Å². The average molecular weight is 494 g/mol.